The first-order valence-corrected chi connectivity index (χ1v) is 13.3. The Morgan fingerprint density at radius 1 is 1.21 bits per heavy atom. The molecule has 3 atom stereocenters. The van der Waals surface area contributed by atoms with E-state index < -0.39 is 0 Å². The van der Waals surface area contributed by atoms with Crippen molar-refractivity contribution in [3.63, 3.8) is 0 Å². The van der Waals surface area contributed by atoms with Crippen LogP contribution in [-0.2, 0) is 16.1 Å². The Kier molecular flexibility index (Phi) is 6.25. The topological polar surface area (TPSA) is 60.2 Å². The molecule has 3 fully saturated rings. The van der Waals surface area contributed by atoms with Gasteiger partial charge in [-0.25, -0.2) is 0 Å². The largest absolute Gasteiger partial charge is 0.376 e. The fourth-order valence-corrected chi connectivity index (χ4v) is 7.29. The number of hydrogen-bond acceptors (Lipinski definition) is 5. The Bertz CT molecular complexity index is 1020. The molecule has 0 unspecified atom stereocenters. The van der Waals surface area contributed by atoms with E-state index in [4.69, 9.17) is 16.3 Å². The van der Waals surface area contributed by atoms with Gasteiger partial charge in [0.25, 0.3) is 0 Å². The molecule has 2 aromatic rings. The van der Waals surface area contributed by atoms with Gasteiger partial charge in [0, 0.05) is 29.8 Å². The molecule has 2 saturated heterocycles. The quantitative estimate of drug-likeness (QED) is 0.516. The van der Waals surface area contributed by atoms with Gasteiger partial charge in [0.05, 0.1) is 18.4 Å². The summed E-state index contributed by atoms with van der Waals surface area (Å²) in [6.45, 7) is 9.39. The molecule has 5 rings (SSSR count). The number of halogens is 1. The summed E-state index contributed by atoms with van der Waals surface area (Å²) >= 11 is 7.58. The van der Waals surface area contributed by atoms with Crippen LogP contribution in [-0.4, -0.2) is 56.6 Å². The molecule has 0 radical (unpaired) electrons. The van der Waals surface area contributed by atoms with Crippen LogP contribution in [0.2, 0.25) is 5.02 Å². The smallest absolute Gasteiger partial charge is 0.233 e. The number of rotatable bonds is 6. The van der Waals surface area contributed by atoms with Gasteiger partial charge in [-0.05, 0) is 67.2 Å². The number of nitrogens with zero attached hydrogens (tertiary/aromatic N) is 4. The average Bonchev–Trinajstić information content (AvgIpc) is 3.45. The summed E-state index contributed by atoms with van der Waals surface area (Å²) in [4.78, 5) is 15.4. The highest BCUT2D eigenvalue weighted by atomic mass is 35.5. The predicted octanol–water partition coefficient (Wildman–Crippen LogP) is 5.30. The van der Waals surface area contributed by atoms with Gasteiger partial charge in [-0.15, -0.1) is 10.2 Å². The zero-order valence-electron chi connectivity index (χ0n) is 19.7. The molecule has 8 heteroatoms. The van der Waals surface area contributed by atoms with Crippen LogP contribution in [0.4, 0.5) is 0 Å². The van der Waals surface area contributed by atoms with Crippen LogP contribution < -0.4 is 0 Å². The lowest BCUT2D eigenvalue weighted by Crippen LogP contribution is -2.38. The van der Waals surface area contributed by atoms with Crippen molar-refractivity contribution in [1.82, 2.24) is 19.7 Å². The van der Waals surface area contributed by atoms with Crippen LogP contribution in [0.15, 0.2) is 29.4 Å². The fraction of sp³-hybridized carbons (Fsp3) is 0.640. The van der Waals surface area contributed by atoms with Gasteiger partial charge >= 0.3 is 0 Å². The lowest BCUT2D eigenvalue weighted by Gasteiger charge is -2.39. The first kappa shape index (κ1) is 23.2. The molecular weight excluding hydrogens is 456 g/mol. The highest BCUT2D eigenvalue weighted by molar-refractivity contribution is 7.99. The van der Waals surface area contributed by atoms with Gasteiger partial charge in [0.15, 0.2) is 11.0 Å². The molecule has 6 nitrogen and oxygen atoms in total. The minimum Gasteiger partial charge on any atom is -0.376 e. The van der Waals surface area contributed by atoms with Gasteiger partial charge in [-0.3, -0.25) is 9.36 Å². The van der Waals surface area contributed by atoms with Crippen molar-refractivity contribution in [2.24, 2.45) is 10.8 Å². The summed E-state index contributed by atoms with van der Waals surface area (Å²) < 4.78 is 8.01. The summed E-state index contributed by atoms with van der Waals surface area (Å²) in [6, 6.07) is 8.02. The van der Waals surface area contributed by atoms with Crippen LogP contribution in [0.3, 0.4) is 0 Å². The number of carbonyl (C=O) groups is 1. The van der Waals surface area contributed by atoms with Crippen molar-refractivity contribution < 1.29 is 9.53 Å². The van der Waals surface area contributed by atoms with E-state index in [9.17, 15) is 4.79 Å². The molecule has 0 spiro atoms. The van der Waals surface area contributed by atoms with E-state index >= 15 is 0 Å². The van der Waals surface area contributed by atoms with Crippen molar-refractivity contribution >= 4 is 29.3 Å². The second-order valence-corrected chi connectivity index (χ2v) is 12.5. The van der Waals surface area contributed by atoms with Crippen LogP contribution in [0.5, 0.6) is 0 Å². The molecule has 3 heterocycles. The first-order chi connectivity index (χ1) is 15.7. The van der Waals surface area contributed by atoms with Crippen molar-refractivity contribution in [2.45, 2.75) is 76.7 Å². The second-order valence-electron chi connectivity index (χ2n) is 11.1. The Morgan fingerprint density at radius 2 is 2.00 bits per heavy atom. The maximum Gasteiger partial charge on any atom is 0.233 e. The Morgan fingerprint density at radius 3 is 2.73 bits per heavy atom. The lowest BCUT2D eigenvalue weighted by atomic mass is 9.65. The number of likely N-dealkylation sites (tertiary alicyclic amines) is 1. The van der Waals surface area contributed by atoms with Gasteiger partial charge < -0.3 is 9.64 Å². The van der Waals surface area contributed by atoms with E-state index in [1.165, 1.54) is 18.2 Å². The summed E-state index contributed by atoms with van der Waals surface area (Å²) in [5.74, 6) is 1.40. The minimum absolute atomic E-state index is 0.155. The van der Waals surface area contributed by atoms with Gasteiger partial charge in [-0.1, -0.05) is 44.1 Å². The molecule has 178 valence electrons. The first-order valence-electron chi connectivity index (χ1n) is 11.9. The van der Waals surface area contributed by atoms with Gasteiger partial charge in [0.2, 0.25) is 5.91 Å². The highest BCUT2D eigenvalue weighted by Crippen LogP contribution is 2.52. The van der Waals surface area contributed by atoms with Crippen LogP contribution >= 0.6 is 23.4 Å². The maximum absolute atomic E-state index is 13.3. The average molecular weight is 489 g/mol. The molecule has 33 heavy (non-hydrogen) atoms. The van der Waals surface area contributed by atoms with Crippen molar-refractivity contribution in [3.05, 3.63) is 29.3 Å². The van der Waals surface area contributed by atoms with E-state index in [-0.39, 0.29) is 17.4 Å². The van der Waals surface area contributed by atoms with E-state index in [1.54, 1.807) is 0 Å². The molecule has 1 aromatic heterocycles. The summed E-state index contributed by atoms with van der Waals surface area (Å²) in [7, 11) is 0. The third-order valence-corrected chi connectivity index (χ3v) is 8.49. The molecule has 1 aromatic carbocycles. The van der Waals surface area contributed by atoms with Gasteiger partial charge in [-0.2, -0.15) is 0 Å². The van der Waals surface area contributed by atoms with Crippen LogP contribution in [0, 0.1) is 10.8 Å². The monoisotopic (exact) mass is 488 g/mol. The number of ether oxygens (including phenoxy) is 1. The number of fused-ring (bicyclic) bond motifs is 2. The number of amides is 1. The van der Waals surface area contributed by atoms with Gasteiger partial charge in [0.1, 0.15) is 0 Å². The Balaban J connectivity index is 1.33. The normalized spacial score (nSPS) is 28.4. The number of carbonyl (C=O) groups excluding carboxylic acids is 1. The molecule has 2 aliphatic heterocycles. The zero-order valence-corrected chi connectivity index (χ0v) is 21.3. The number of benzene rings is 1. The SMILES string of the molecule is CC1(C)C[C@H]2C[C@@](C)(CN2C(=O)CSc2nnc(-c3ccc(Cl)cc3)n2C[C@H]2CCCO2)C1. The van der Waals surface area contributed by atoms with Crippen molar-refractivity contribution in [2.75, 3.05) is 18.9 Å². The molecule has 1 aliphatic carbocycles. The maximum atomic E-state index is 13.3. The number of thioether (sulfide) groups is 1. The van der Waals surface area contributed by atoms with Crippen LogP contribution in [0.25, 0.3) is 11.4 Å². The summed E-state index contributed by atoms with van der Waals surface area (Å²) in [5, 5.41) is 10.4. The number of aromatic nitrogens is 3. The summed E-state index contributed by atoms with van der Waals surface area (Å²) in [6.07, 6.45) is 5.67. The third kappa shape index (κ3) is 4.96. The number of hydrogen-bond donors (Lipinski definition) is 0. The van der Waals surface area contributed by atoms with Crippen molar-refractivity contribution in [1.29, 1.82) is 0 Å². The molecular formula is C25H33ClN4O2S. The summed E-state index contributed by atoms with van der Waals surface area (Å²) in [5.41, 5.74) is 1.51. The van der Waals surface area contributed by atoms with E-state index in [0.29, 0.717) is 28.8 Å². The highest BCUT2D eigenvalue weighted by Gasteiger charge is 2.50. The van der Waals surface area contributed by atoms with E-state index in [0.717, 1.165) is 55.4 Å². The predicted molar refractivity (Wildman–Crippen MR) is 131 cm³/mol. The second kappa shape index (κ2) is 8.90. The lowest BCUT2D eigenvalue weighted by molar-refractivity contribution is -0.129. The van der Waals surface area contributed by atoms with E-state index in [1.807, 2.05) is 24.3 Å². The zero-order chi connectivity index (χ0) is 23.2. The Labute approximate surface area is 205 Å². The minimum atomic E-state index is 0.155. The Hall–Kier alpha value is -1.57. The molecule has 1 amide bonds. The molecule has 3 aliphatic rings. The third-order valence-electron chi connectivity index (χ3n) is 7.29. The molecule has 2 bridgehead atoms. The molecule has 0 N–H and O–H groups in total. The molecule has 1 saturated carbocycles. The van der Waals surface area contributed by atoms with E-state index in [2.05, 4.69) is 40.4 Å². The standard InChI is InChI=1S/C25H33ClN4O2S/c1-24(2)11-19-12-25(3,15-24)16-30(19)21(31)14-33-23-28-27-22(17-6-8-18(26)9-7-17)29(23)13-20-5-4-10-32-20/h6-9,19-20H,4-5,10-16H2,1-3H3/t19-,20+,25+/m0/s1. The fourth-order valence-electron chi connectivity index (χ4n) is 6.33. The van der Waals surface area contributed by atoms with Crippen molar-refractivity contribution in [3.8, 4) is 11.4 Å². The van der Waals surface area contributed by atoms with Crippen LogP contribution in [0.1, 0.15) is 52.9 Å².